The predicted molar refractivity (Wildman–Crippen MR) is 129 cm³/mol. The number of carbonyl (C=O) groups excluding carboxylic acids is 1. The average Bonchev–Trinajstić information content (AvgIpc) is 2.89. The predicted octanol–water partition coefficient (Wildman–Crippen LogP) is 3.36. The molecule has 0 saturated carbocycles. The molecule has 0 atom stereocenters. The SMILES string of the molecule is O=C(Nc1ccc2c(c1)OCCO2)c1cccc(S(=O)(=O)N2CCN(c3ccc(F)cc3)CC2)c1. The van der Waals surface area contributed by atoms with Gasteiger partial charge in [-0.1, -0.05) is 6.07 Å². The summed E-state index contributed by atoms with van der Waals surface area (Å²) in [5.74, 6) is 0.416. The van der Waals surface area contributed by atoms with Gasteiger partial charge in [0.05, 0.1) is 4.90 Å². The van der Waals surface area contributed by atoms with Gasteiger partial charge in [0.15, 0.2) is 11.5 Å². The summed E-state index contributed by atoms with van der Waals surface area (Å²) in [5, 5.41) is 2.78. The normalized spacial score (nSPS) is 16.1. The van der Waals surface area contributed by atoms with Crippen molar-refractivity contribution in [3.8, 4) is 11.5 Å². The number of halogens is 1. The Labute approximate surface area is 202 Å². The molecule has 3 aromatic rings. The summed E-state index contributed by atoms with van der Waals surface area (Å²) >= 11 is 0. The van der Waals surface area contributed by atoms with E-state index in [2.05, 4.69) is 5.32 Å². The molecular weight excluding hydrogens is 473 g/mol. The van der Waals surface area contributed by atoms with Crippen molar-refractivity contribution >= 4 is 27.3 Å². The summed E-state index contributed by atoms with van der Waals surface area (Å²) in [6, 6.07) is 17.2. The summed E-state index contributed by atoms with van der Waals surface area (Å²) in [4.78, 5) is 14.9. The Kier molecular flexibility index (Phi) is 6.31. The molecule has 0 aliphatic carbocycles. The van der Waals surface area contributed by atoms with E-state index in [9.17, 15) is 17.6 Å². The lowest BCUT2D eigenvalue weighted by Crippen LogP contribution is -2.48. The maximum absolute atomic E-state index is 13.3. The van der Waals surface area contributed by atoms with Crippen LogP contribution in [0.1, 0.15) is 10.4 Å². The lowest BCUT2D eigenvalue weighted by molar-refractivity contribution is 0.102. The average molecular weight is 498 g/mol. The quantitative estimate of drug-likeness (QED) is 0.582. The molecule has 0 radical (unpaired) electrons. The number of amides is 1. The smallest absolute Gasteiger partial charge is 0.255 e. The first-order valence-corrected chi connectivity index (χ1v) is 12.7. The van der Waals surface area contributed by atoms with Crippen LogP contribution in [-0.4, -0.2) is 58.0 Å². The summed E-state index contributed by atoms with van der Waals surface area (Å²) in [6.07, 6.45) is 0. The van der Waals surface area contributed by atoms with E-state index in [1.54, 1.807) is 42.5 Å². The van der Waals surface area contributed by atoms with E-state index in [-0.39, 0.29) is 29.4 Å². The molecule has 8 nitrogen and oxygen atoms in total. The molecule has 35 heavy (non-hydrogen) atoms. The van der Waals surface area contributed by atoms with Gasteiger partial charge in [-0.15, -0.1) is 0 Å². The van der Waals surface area contributed by atoms with E-state index < -0.39 is 15.9 Å². The second-order valence-corrected chi connectivity index (χ2v) is 10.1. The van der Waals surface area contributed by atoms with Gasteiger partial charge in [-0.3, -0.25) is 4.79 Å². The van der Waals surface area contributed by atoms with Crippen molar-refractivity contribution < 1.29 is 27.1 Å². The molecule has 2 heterocycles. The number of ether oxygens (including phenoxy) is 2. The van der Waals surface area contributed by atoms with Crippen LogP contribution in [0.15, 0.2) is 71.6 Å². The summed E-state index contributed by atoms with van der Waals surface area (Å²) in [6.45, 7) is 2.44. The molecule has 5 rings (SSSR count). The maximum Gasteiger partial charge on any atom is 0.255 e. The first-order valence-electron chi connectivity index (χ1n) is 11.2. The van der Waals surface area contributed by atoms with Gasteiger partial charge in [0.25, 0.3) is 5.91 Å². The number of piperazine rings is 1. The van der Waals surface area contributed by atoms with Gasteiger partial charge in [-0.25, -0.2) is 12.8 Å². The number of anilines is 2. The second-order valence-electron chi connectivity index (χ2n) is 8.21. The van der Waals surface area contributed by atoms with Crippen LogP contribution >= 0.6 is 0 Å². The van der Waals surface area contributed by atoms with Crippen molar-refractivity contribution in [3.63, 3.8) is 0 Å². The molecule has 1 fully saturated rings. The highest BCUT2D eigenvalue weighted by Gasteiger charge is 2.29. The Morgan fingerprint density at radius 2 is 1.57 bits per heavy atom. The van der Waals surface area contributed by atoms with E-state index in [1.165, 1.54) is 28.6 Å². The fraction of sp³-hybridized carbons (Fsp3) is 0.240. The third-order valence-corrected chi connectivity index (χ3v) is 7.86. The number of hydrogen-bond acceptors (Lipinski definition) is 6. The lowest BCUT2D eigenvalue weighted by Gasteiger charge is -2.35. The molecule has 3 aromatic carbocycles. The number of nitrogens with zero attached hydrogens (tertiary/aromatic N) is 2. The molecule has 182 valence electrons. The largest absolute Gasteiger partial charge is 0.486 e. The van der Waals surface area contributed by atoms with Gasteiger partial charge in [0.1, 0.15) is 19.0 Å². The Balaban J connectivity index is 1.27. The molecule has 1 saturated heterocycles. The second kappa shape index (κ2) is 9.55. The van der Waals surface area contributed by atoms with Gasteiger partial charge < -0.3 is 19.7 Å². The Hall–Kier alpha value is -3.63. The Morgan fingerprint density at radius 1 is 0.857 bits per heavy atom. The zero-order chi connectivity index (χ0) is 24.4. The third kappa shape index (κ3) is 4.94. The highest BCUT2D eigenvalue weighted by atomic mass is 32.2. The molecule has 2 aliphatic heterocycles. The summed E-state index contributed by atoms with van der Waals surface area (Å²) in [5.41, 5.74) is 1.59. The van der Waals surface area contributed by atoms with Crippen molar-refractivity contribution in [3.05, 3.63) is 78.1 Å². The molecule has 0 spiro atoms. The van der Waals surface area contributed by atoms with Crippen molar-refractivity contribution in [2.45, 2.75) is 4.90 Å². The van der Waals surface area contributed by atoms with Gasteiger partial charge in [0, 0.05) is 49.2 Å². The number of carbonyl (C=O) groups is 1. The number of benzene rings is 3. The van der Waals surface area contributed by atoms with E-state index in [0.29, 0.717) is 43.5 Å². The van der Waals surface area contributed by atoms with E-state index >= 15 is 0 Å². The third-order valence-electron chi connectivity index (χ3n) is 5.96. The highest BCUT2D eigenvalue weighted by molar-refractivity contribution is 7.89. The van der Waals surface area contributed by atoms with Gasteiger partial charge in [-0.05, 0) is 54.6 Å². The van der Waals surface area contributed by atoms with Crippen LogP contribution in [0, 0.1) is 5.82 Å². The first kappa shape index (κ1) is 23.1. The Morgan fingerprint density at radius 3 is 2.31 bits per heavy atom. The minimum Gasteiger partial charge on any atom is -0.486 e. The van der Waals surface area contributed by atoms with Crippen LogP contribution in [0.3, 0.4) is 0 Å². The van der Waals surface area contributed by atoms with Crippen molar-refractivity contribution in [1.82, 2.24) is 4.31 Å². The van der Waals surface area contributed by atoms with E-state index in [1.807, 2.05) is 4.90 Å². The van der Waals surface area contributed by atoms with E-state index in [0.717, 1.165) is 5.69 Å². The standard InChI is InChI=1S/C25H24FN3O5S/c26-19-4-7-21(8-5-19)28-10-12-29(13-11-28)35(31,32)22-3-1-2-18(16-22)25(30)27-20-6-9-23-24(17-20)34-15-14-33-23/h1-9,16-17H,10-15H2,(H,27,30). The van der Waals surface area contributed by atoms with Crippen LogP contribution in [0.4, 0.5) is 15.8 Å². The van der Waals surface area contributed by atoms with Crippen LogP contribution in [-0.2, 0) is 10.0 Å². The molecule has 1 amide bonds. The van der Waals surface area contributed by atoms with Crippen LogP contribution in [0.2, 0.25) is 0 Å². The lowest BCUT2D eigenvalue weighted by atomic mass is 10.2. The van der Waals surface area contributed by atoms with Crippen LogP contribution in [0.25, 0.3) is 0 Å². The fourth-order valence-corrected chi connectivity index (χ4v) is 5.58. The molecule has 0 bridgehead atoms. The van der Waals surface area contributed by atoms with Gasteiger partial charge in [-0.2, -0.15) is 4.31 Å². The molecule has 0 aromatic heterocycles. The topological polar surface area (TPSA) is 88.2 Å². The molecule has 10 heteroatoms. The number of fused-ring (bicyclic) bond motifs is 1. The number of sulfonamides is 1. The highest BCUT2D eigenvalue weighted by Crippen LogP contribution is 2.32. The maximum atomic E-state index is 13.3. The Bertz CT molecular complexity index is 1340. The molecular formula is C25H24FN3O5S. The van der Waals surface area contributed by atoms with Gasteiger partial charge >= 0.3 is 0 Å². The fourth-order valence-electron chi connectivity index (χ4n) is 4.11. The number of rotatable bonds is 5. The number of hydrogen-bond donors (Lipinski definition) is 1. The summed E-state index contributed by atoms with van der Waals surface area (Å²) in [7, 11) is -3.79. The molecule has 0 unspecified atom stereocenters. The minimum absolute atomic E-state index is 0.0579. The number of nitrogens with one attached hydrogen (secondary N) is 1. The monoisotopic (exact) mass is 497 g/mol. The minimum atomic E-state index is -3.79. The first-order chi connectivity index (χ1) is 16.9. The van der Waals surface area contributed by atoms with Crippen LogP contribution < -0.4 is 19.7 Å². The van der Waals surface area contributed by atoms with Crippen molar-refractivity contribution in [2.24, 2.45) is 0 Å². The zero-order valence-electron chi connectivity index (χ0n) is 18.8. The molecule has 2 aliphatic rings. The van der Waals surface area contributed by atoms with Crippen LogP contribution in [0.5, 0.6) is 11.5 Å². The summed E-state index contributed by atoms with van der Waals surface area (Å²) < 4.78 is 52.2. The van der Waals surface area contributed by atoms with Crippen molar-refractivity contribution in [2.75, 3.05) is 49.6 Å². The van der Waals surface area contributed by atoms with E-state index in [4.69, 9.17) is 9.47 Å². The zero-order valence-corrected chi connectivity index (χ0v) is 19.6. The van der Waals surface area contributed by atoms with Gasteiger partial charge in [0.2, 0.25) is 10.0 Å². The molecule has 1 N–H and O–H groups in total. The van der Waals surface area contributed by atoms with Crippen molar-refractivity contribution in [1.29, 1.82) is 0 Å².